The summed E-state index contributed by atoms with van der Waals surface area (Å²) < 4.78 is 3.94. The number of fused-ring (bicyclic) bond motifs is 1. The van der Waals surface area contributed by atoms with Crippen LogP contribution in [0.3, 0.4) is 0 Å². The standard InChI is InChI=1S/C40H48N8O/c1-29-10-12-34(39(49)22-32-11-13-35(30(2)21-32)27-46-20-19-45(6)31(3)26-46)23-33(29)14-15-37-25-41-40-38(9-7-18-48(37)40)43-36-24-42-47(28-36)17-8-16-44(4)5/h7,9-13,18,21,23-25,28,31,43H,8,16-17,19-20,22,26-27H2,1-6H3/t31-/m0/s1. The Kier molecular flexibility index (Phi) is 10.6. The second kappa shape index (κ2) is 15.2. The van der Waals surface area contributed by atoms with Gasteiger partial charge in [-0.05, 0) is 101 Å². The van der Waals surface area contributed by atoms with Crippen LogP contribution in [0.25, 0.3) is 5.65 Å². The molecule has 254 valence electrons. The highest BCUT2D eigenvalue weighted by atomic mass is 16.1. The van der Waals surface area contributed by atoms with Crippen molar-refractivity contribution in [3.63, 3.8) is 0 Å². The minimum absolute atomic E-state index is 0.0923. The third-order valence-electron chi connectivity index (χ3n) is 9.53. The molecule has 0 bridgehead atoms. The molecule has 0 radical (unpaired) electrons. The molecule has 1 atom stereocenters. The van der Waals surface area contributed by atoms with Crippen LogP contribution in [0.15, 0.2) is 73.3 Å². The molecule has 0 unspecified atom stereocenters. The SMILES string of the molecule is Cc1ccc(C(=O)Cc2ccc(CN3CCN(C)[C@@H](C)C3)c(C)c2)cc1C#Cc1cnc2c(Nc3cnn(CCCN(C)C)c3)cccn12. The summed E-state index contributed by atoms with van der Waals surface area (Å²) in [6, 6.07) is 16.9. The van der Waals surface area contributed by atoms with E-state index in [1.54, 1.807) is 6.20 Å². The Morgan fingerprint density at radius 1 is 1.04 bits per heavy atom. The second-order valence-corrected chi connectivity index (χ2v) is 13.7. The van der Waals surface area contributed by atoms with Crippen LogP contribution in [0.2, 0.25) is 0 Å². The Morgan fingerprint density at radius 3 is 2.69 bits per heavy atom. The molecule has 1 fully saturated rings. The van der Waals surface area contributed by atoms with Gasteiger partial charge in [-0.1, -0.05) is 36.3 Å². The summed E-state index contributed by atoms with van der Waals surface area (Å²) in [4.78, 5) is 25.2. The molecule has 0 spiro atoms. The summed E-state index contributed by atoms with van der Waals surface area (Å²) in [5, 5.41) is 7.96. The summed E-state index contributed by atoms with van der Waals surface area (Å²) in [6.07, 6.45) is 9.01. The lowest BCUT2D eigenvalue weighted by Crippen LogP contribution is -2.49. The van der Waals surface area contributed by atoms with Gasteiger partial charge in [0.25, 0.3) is 0 Å². The fourth-order valence-corrected chi connectivity index (χ4v) is 6.36. The molecule has 4 heterocycles. The van der Waals surface area contributed by atoms with Crippen molar-refractivity contribution < 1.29 is 4.79 Å². The second-order valence-electron chi connectivity index (χ2n) is 13.7. The van der Waals surface area contributed by atoms with Gasteiger partial charge >= 0.3 is 0 Å². The third-order valence-corrected chi connectivity index (χ3v) is 9.53. The number of pyridine rings is 1. The van der Waals surface area contributed by atoms with Gasteiger partial charge in [0.2, 0.25) is 0 Å². The van der Waals surface area contributed by atoms with E-state index in [1.165, 1.54) is 11.1 Å². The number of imidazole rings is 1. The zero-order valence-corrected chi connectivity index (χ0v) is 29.7. The van der Waals surface area contributed by atoms with Crippen LogP contribution in [-0.2, 0) is 19.5 Å². The number of rotatable bonds is 11. The Morgan fingerprint density at radius 2 is 1.90 bits per heavy atom. The monoisotopic (exact) mass is 656 g/mol. The molecule has 9 nitrogen and oxygen atoms in total. The van der Waals surface area contributed by atoms with Gasteiger partial charge in [0, 0.05) is 68.7 Å². The predicted molar refractivity (Wildman–Crippen MR) is 198 cm³/mol. The average Bonchev–Trinajstić information content (AvgIpc) is 3.70. The van der Waals surface area contributed by atoms with Crippen molar-refractivity contribution in [3.05, 3.63) is 112 Å². The van der Waals surface area contributed by atoms with Crippen molar-refractivity contribution in [2.45, 2.75) is 52.7 Å². The van der Waals surface area contributed by atoms with Gasteiger partial charge in [-0.2, -0.15) is 5.10 Å². The van der Waals surface area contributed by atoms with Crippen LogP contribution in [0.4, 0.5) is 11.4 Å². The van der Waals surface area contributed by atoms with Gasteiger partial charge in [-0.25, -0.2) is 4.98 Å². The molecule has 0 aliphatic carbocycles. The van der Waals surface area contributed by atoms with Crippen LogP contribution in [0.5, 0.6) is 0 Å². The van der Waals surface area contributed by atoms with Gasteiger partial charge in [-0.3, -0.25) is 18.8 Å². The summed E-state index contributed by atoms with van der Waals surface area (Å²) in [5.74, 6) is 6.72. The number of benzene rings is 2. The van der Waals surface area contributed by atoms with Crippen molar-refractivity contribution >= 4 is 22.8 Å². The number of aryl methyl sites for hydroxylation is 3. The minimum atomic E-state index is 0.0923. The molecule has 2 aromatic carbocycles. The molecule has 0 amide bonds. The maximum absolute atomic E-state index is 13.4. The van der Waals surface area contributed by atoms with Crippen LogP contribution in [0.1, 0.15) is 57.2 Å². The van der Waals surface area contributed by atoms with Crippen molar-refractivity contribution in [1.29, 1.82) is 0 Å². The Bertz CT molecular complexity index is 1990. The first kappa shape index (κ1) is 34.1. The smallest absolute Gasteiger partial charge is 0.167 e. The number of aromatic nitrogens is 4. The lowest BCUT2D eigenvalue weighted by Gasteiger charge is -2.37. The quantitative estimate of drug-likeness (QED) is 0.142. The number of nitrogens with one attached hydrogen (secondary N) is 1. The fraction of sp³-hybridized carbons (Fsp3) is 0.375. The molecule has 9 heteroatoms. The third kappa shape index (κ3) is 8.46. The number of anilines is 2. The van der Waals surface area contributed by atoms with E-state index in [4.69, 9.17) is 0 Å². The van der Waals surface area contributed by atoms with Gasteiger partial charge in [0.15, 0.2) is 11.4 Å². The van der Waals surface area contributed by atoms with E-state index < -0.39 is 0 Å². The Balaban J connectivity index is 1.12. The van der Waals surface area contributed by atoms with Crippen LogP contribution < -0.4 is 5.32 Å². The summed E-state index contributed by atoms with van der Waals surface area (Å²) in [7, 11) is 6.36. The largest absolute Gasteiger partial charge is 0.350 e. The average molecular weight is 657 g/mol. The first-order chi connectivity index (χ1) is 23.6. The maximum atomic E-state index is 13.4. The van der Waals surface area contributed by atoms with Crippen LogP contribution >= 0.6 is 0 Å². The van der Waals surface area contributed by atoms with E-state index in [0.29, 0.717) is 18.0 Å². The van der Waals surface area contributed by atoms with E-state index in [0.717, 1.165) is 85.1 Å². The van der Waals surface area contributed by atoms with E-state index in [1.807, 2.05) is 64.9 Å². The number of piperazine rings is 1. The molecular weight excluding hydrogens is 608 g/mol. The Labute approximate surface area is 290 Å². The van der Waals surface area contributed by atoms with Crippen molar-refractivity contribution in [3.8, 4) is 11.8 Å². The number of Topliss-reactive ketones (excluding diaryl/α,β-unsaturated/α-hetero) is 1. The summed E-state index contributed by atoms with van der Waals surface area (Å²) in [5.41, 5.74) is 9.51. The molecule has 49 heavy (non-hydrogen) atoms. The number of carbonyl (C=O) groups is 1. The van der Waals surface area contributed by atoms with E-state index in [-0.39, 0.29) is 5.78 Å². The topological polar surface area (TPSA) is 73.9 Å². The zero-order chi connectivity index (χ0) is 34.5. The molecule has 5 aromatic rings. The Hall–Kier alpha value is -4.75. The molecule has 1 aliphatic rings. The fourth-order valence-electron chi connectivity index (χ4n) is 6.36. The van der Waals surface area contributed by atoms with Gasteiger partial charge in [0.1, 0.15) is 5.69 Å². The van der Waals surface area contributed by atoms with Crippen molar-refractivity contribution in [2.24, 2.45) is 0 Å². The molecular formula is C40H48N8O. The number of likely N-dealkylation sites (N-methyl/N-ethyl adjacent to an activating group) is 1. The van der Waals surface area contributed by atoms with Gasteiger partial charge < -0.3 is 15.1 Å². The highest BCUT2D eigenvalue weighted by Gasteiger charge is 2.21. The maximum Gasteiger partial charge on any atom is 0.167 e. The summed E-state index contributed by atoms with van der Waals surface area (Å²) in [6.45, 7) is 12.6. The lowest BCUT2D eigenvalue weighted by molar-refractivity contribution is 0.0991. The zero-order valence-electron chi connectivity index (χ0n) is 29.7. The summed E-state index contributed by atoms with van der Waals surface area (Å²) >= 11 is 0. The van der Waals surface area contributed by atoms with Crippen LogP contribution in [0, 0.1) is 25.7 Å². The highest BCUT2D eigenvalue weighted by molar-refractivity contribution is 5.98. The number of ketones is 1. The minimum Gasteiger partial charge on any atom is -0.350 e. The van der Waals surface area contributed by atoms with Crippen molar-refractivity contribution in [2.75, 3.05) is 52.6 Å². The lowest BCUT2D eigenvalue weighted by atomic mass is 9.96. The number of hydrogen-bond acceptors (Lipinski definition) is 7. The molecule has 0 saturated carbocycles. The van der Waals surface area contributed by atoms with E-state index in [9.17, 15) is 4.79 Å². The molecule has 1 aliphatic heterocycles. The van der Waals surface area contributed by atoms with Gasteiger partial charge in [0.05, 0.1) is 23.8 Å². The molecule has 3 aromatic heterocycles. The molecule has 1 N–H and O–H groups in total. The normalized spacial score (nSPS) is 15.4. The first-order valence-electron chi connectivity index (χ1n) is 17.2. The number of carbonyl (C=O) groups excluding carboxylic acids is 1. The molecule has 6 rings (SSSR count). The predicted octanol–water partition coefficient (Wildman–Crippen LogP) is 5.80. The van der Waals surface area contributed by atoms with Gasteiger partial charge in [-0.15, -0.1) is 0 Å². The first-order valence-corrected chi connectivity index (χ1v) is 17.2. The van der Waals surface area contributed by atoms with E-state index in [2.05, 4.69) is 95.1 Å². The highest BCUT2D eigenvalue weighted by Crippen LogP contribution is 2.22. The number of nitrogens with zero attached hydrogens (tertiary/aromatic N) is 7. The van der Waals surface area contributed by atoms with Crippen LogP contribution in [-0.4, -0.2) is 93.0 Å². The number of hydrogen-bond donors (Lipinski definition) is 1. The van der Waals surface area contributed by atoms with Crippen molar-refractivity contribution in [1.82, 2.24) is 33.9 Å². The molecule has 1 saturated heterocycles. The van der Waals surface area contributed by atoms with E-state index >= 15 is 0 Å².